The first-order chi connectivity index (χ1) is 13.0. The predicted molar refractivity (Wildman–Crippen MR) is 94.2 cm³/mol. The van der Waals surface area contributed by atoms with Gasteiger partial charge in [0.1, 0.15) is 17.5 Å². The zero-order valence-electron chi connectivity index (χ0n) is 13.8. The maximum absolute atomic E-state index is 12.8. The zero-order valence-corrected chi connectivity index (χ0v) is 15.3. The van der Waals surface area contributed by atoms with Crippen LogP contribution in [-0.4, -0.2) is 32.3 Å². The highest BCUT2D eigenvalue weighted by atomic mass is 35.5. The minimum absolute atomic E-state index is 0.108. The summed E-state index contributed by atoms with van der Waals surface area (Å²) in [5.74, 6) is -0.108. The summed E-state index contributed by atoms with van der Waals surface area (Å²) in [4.78, 5) is 16.1. The van der Waals surface area contributed by atoms with Gasteiger partial charge in [-0.1, -0.05) is 23.2 Å². The lowest BCUT2D eigenvalue weighted by molar-refractivity contribution is -0.137. The molecular weight excluding hydrogens is 422 g/mol. The van der Waals surface area contributed by atoms with Crippen molar-refractivity contribution in [1.82, 2.24) is 14.3 Å². The molecule has 144 valence electrons. The Bertz CT molecular complexity index is 1100. The van der Waals surface area contributed by atoms with E-state index < -0.39 is 39.2 Å². The molecular formula is C15H8Cl2F3N7O. The molecule has 1 atom stereocenters. The molecule has 28 heavy (non-hydrogen) atoms. The minimum atomic E-state index is -4.68. The van der Waals surface area contributed by atoms with E-state index in [1.807, 2.05) is 0 Å². The number of hydrogen-bond donors (Lipinski definition) is 1. The average molecular weight is 430 g/mol. The van der Waals surface area contributed by atoms with Crippen molar-refractivity contribution >= 4 is 35.1 Å². The van der Waals surface area contributed by atoms with Gasteiger partial charge in [0.25, 0.3) is 0 Å². The summed E-state index contributed by atoms with van der Waals surface area (Å²) >= 11 is 11.8. The monoisotopic (exact) mass is 429 g/mol. The lowest BCUT2D eigenvalue weighted by atomic mass is 10.2. The number of rotatable bonds is 4. The number of alkyl halides is 3. The molecule has 0 aliphatic carbocycles. The van der Waals surface area contributed by atoms with E-state index in [4.69, 9.17) is 39.1 Å². The number of halogens is 5. The molecule has 1 aromatic heterocycles. The first kappa shape index (κ1) is 21.2. The smallest absolute Gasteiger partial charge is 0.291 e. The fourth-order valence-corrected chi connectivity index (χ4v) is 2.66. The number of nitrogens with zero attached hydrogens (tertiary/aromatic N) is 6. The molecule has 2 aromatic rings. The van der Waals surface area contributed by atoms with Gasteiger partial charge >= 0.3 is 11.9 Å². The molecule has 0 radical (unpaired) electrons. The summed E-state index contributed by atoms with van der Waals surface area (Å²) in [6.45, 7) is 0. The van der Waals surface area contributed by atoms with E-state index in [0.717, 1.165) is 10.8 Å². The molecule has 0 aliphatic heterocycles. The maximum atomic E-state index is 12.8. The number of benzene rings is 1. The van der Waals surface area contributed by atoms with Gasteiger partial charge in [0.05, 0.1) is 27.9 Å². The first-order valence-corrected chi connectivity index (χ1v) is 7.90. The first-order valence-electron chi connectivity index (χ1n) is 7.15. The average Bonchev–Trinajstić information content (AvgIpc) is 2.89. The van der Waals surface area contributed by atoms with Gasteiger partial charge in [-0.3, -0.25) is 15.0 Å². The van der Waals surface area contributed by atoms with Gasteiger partial charge in [0.2, 0.25) is 0 Å². The summed E-state index contributed by atoms with van der Waals surface area (Å²) < 4.78 is 40.2. The molecule has 0 saturated heterocycles. The molecule has 0 spiro atoms. The highest BCUT2D eigenvalue weighted by Crippen LogP contribution is 2.36. The van der Waals surface area contributed by atoms with E-state index in [0.29, 0.717) is 16.8 Å². The fraction of sp³-hybridized carbons (Fsp3) is 0.200. The summed E-state index contributed by atoms with van der Waals surface area (Å²) in [7, 11) is 1.29. The molecule has 1 unspecified atom stereocenters. The van der Waals surface area contributed by atoms with E-state index in [1.54, 1.807) is 6.07 Å². The summed E-state index contributed by atoms with van der Waals surface area (Å²) in [6, 6.07) is 2.90. The molecule has 13 heteroatoms. The lowest BCUT2D eigenvalue weighted by Gasteiger charge is -2.11. The minimum Gasteiger partial charge on any atom is -0.291 e. The van der Waals surface area contributed by atoms with Crippen molar-refractivity contribution in [2.45, 2.75) is 12.2 Å². The summed E-state index contributed by atoms with van der Waals surface area (Å²) in [6.07, 6.45) is -3.71. The Kier molecular flexibility index (Phi) is 5.92. The van der Waals surface area contributed by atoms with Crippen LogP contribution in [0.15, 0.2) is 21.9 Å². The van der Waals surface area contributed by atoms with Crippen molar-refractivity contribution in [3.05, 3.63) is 44.1 Å². The van der Waals surface area contributed by atoms with Crippen LogP contribution in [-0.2, 0) is 13.2 Å². The number of aliphatic imine (C=N–C) groups is 1. The van der Waals surface area contributed by atoms with Crippen molar-refractivity contribution in [2.75, 3.05) is 0 Å². The third-order valence-corrected chi connectivity index (χ3v) is 4.00. The Morgan fingerprint density at radius 3 is 2.39 bits per heavy atom. The SMILES string of the molecule is Cn1c(C=NC(C#N)C(=N)C#N)nn(-c2c(Cl)cc(C(F)(F)F)cc2Cl)c1=O. The van der Waals surface area contributed by atoms with Gasteiger partial charge in [0, 0.05) is 7.05 Å². The van der Waals surface area contributed by atoms with Crippen LogP contribution >= 0.6 is 23.2 Å². The molecule has 0 aliphatic rings. The van der Waals surface area contributed by atoms with Gasteiger partial charge in [-0.15, -0.1) is 5.10 Å². The second kappa shape index (κ2) is 7.84. The summed E-state index contributed by atoms with van der Waals surface area (Å²) in [5.41, 5.74) is -2.77. The van der Waals surface area contributed by atoms with Crippen molar-refractivity contribution in [3.8, 4) is 17.8 Å². The van der Waals surface area contributed by atoms with E-state index in [9.17, 15) is 18.0 Å². The third-order valence-electron chi connectivity index (χ3n) is 3.43. The van der Waals surface area contributed by atoms with Crippen LogP contribution in [0.2, 0.25) is 10.0 Å². The molecule has 0 bridgehead atoms. The Hall–Kier alpha value is -3.15. The van der Waals surface area contributed by atoms with E-state index in [-0.39, 0.29) is 11.5 Å². The zero-order chi connectivity index (χ0) is 21.2. The number of hydrogen-bond acceptors (Lipinski definition) is 6. The lowest BCUT2D eigenvalue weighted by Crippen LogP contribution is -2.23. The predicted octanol–water partition coefficient (Wildman–Crippen LogP) is 2.75. The van der Waals surface area contributed by atoms with Gasteiger partial charge < -0.3 is 0 Å². The Morgan fingerprint density at radius 2 is 1.93 bits per heavy atom. The van der Waals surface area contributed by atoms with Crippen LogP contribution in [0.4, 0.5) is 13.2 Å². The van der Waals surface area contributed by atoms with Crippen molar-refractivity contribution < 1.29 is 13.2 Å². The largest absolute Gasteiger partial charge is 0.416 e. The van der Waals surface area contributed by atoms with Gasteiger partial charge in [-0.05, 0) is 12.1 Å². The second-order valence-corrected chi connectivity index (χ2v) is 6.05. The van der Waals surface area contributed by atoms with E-state index >= 15 is 0 Å². The topological polar surface area (TPSA) is 124 Å². The number of aromatic nitrogens is 3. The van der Waals surface area contributed by atoms with Crippen LogP contribution in [0.1, 0.15) is 11.4 Å². The normalized spacial score (nSPS) is 12.6. The van der Waals surface area contributed by atoms with Crippen molar-refractivity contribution in [1.29, 1.82) is 15.9 Å². The Balaban J connectivity index is 2.56. The standard InChI is InChI=1S/C15H8Cl2F3N7O/c1-26-12(6-24-11(5-22)10(23)4-21)25-27(14(26)28)13-8(16)2-7(3-9(13)17)15(18,19)20/h2-3,6,11,23H,1H3. The van der Waals surface area contributed by atoms with Gasteiger partial charge in [-0.25, -0.2) is 4.79 Å². The highest BCUT2D eigenvalue weighted by molar-refractivity contribution is 6.37. The van der Waals surface area contributed by atoms with Crippen LogP contribution in [0.25, 0.3) is 5.69 Å². The van der Waals surface area contributed by atoms with Crippen LogP contribution < -0.4 is 5.69 Å². The van der Waals surface area contributed by atoms with Crippen LogP contribution in [0.3, 0.4) is 0 Å². The molecule has 0 fully saturated rings. The quantitative estimate of drug-likeness (QED) is 0.750. The number of nitriles is 2. The second-order valence-electron chi connectivity index (χ2n) is 5.23. The molecule has 1 N–H and O–H groups in total. The molecule has 0 saturated carbocycles. The third kappa shape index (κ3) is 4.06. The number of nitrogens with one attached hydrogen (secondary N) is 1. The van der Waals surface area contributed by atoms with Crippen molar-refractivity contribution in [3.63, 3.8) is 0 Å². The highest BCUT2D eigenvalue weighted by Gasteiger charge is 2.32. The Morgan fingerprint density at radius 1 is 1.36 bits per heavy atom. The van der Waals surface area contributed by atoms with E-state index in [2.05, 4.69) is 10.1 Å². The van der Waals surface area contributed by atoms with Gasteiger partial charge in [0.15, 0.2) is 11.9 Å². The molecule has 0 amide bonds. The molecule has 2 rings (SSSR count). The Labute approximate surface area is 165 Å². The van der Waals surface area contributed by atoms with Crippen LogP contribution in [0, 0.1) is 28.1 Å². The molecule has 1 heterocycles. The van der Waals surface area contributed by atoms with Crippen LogP contribution in [0.5, 0.6) is 0 Å². The van der Waals surface area contributed by atoms with Crippen molar-refractivity contribution in [2.24, 2.45) is 12.0 Å². The summed E-state index contributed by atoms with van der Waals surface area (Å²) in [5, 5.41) is 27.8. The fourth-order valence-electron chi connectivity index (χ4n) is 2.02. The van der Waals surface area contributed by atoms with E-state index in [1.165, 1.54) is 13.1 Å². The molecule has 8 nitrogen and oxygen atoms in total. The van der Waals surface area contributed by atoms with Gasteiger partial charge in [-0.2, -0.15) is 28.4 Å². The maximum Gasteiger partial charge on any atom is 0.416 e. The molecule has 1 aromatic carbocycles.